The number of hydrogen-bond acceptors (Lipinski definition) is 7. The number of nitrogens with zero attached hydrogens (tertiary/aromatic N) is 5. The number of ether oxygens (including phenoxy) is 1. The number of amides is 1. The van der Waals surface area contributed by atoms with Gasteiger partial charge in [-0.05, 0) is 85.0 Å². The molecule has 2 N–H and O–H groups in total. The minimum atomic E-state index is -3.02. The Labute approximate surface area is 331 Å². The molecule has 0 aliphatic heterocycles. The van der Waals surface area contributed by atoms with E-state index in [0.29, 0.717) is 29.1 Å². The molecule has 0 radical (unpaired) electrons. The normalized spacial score (nSPS) is 14.6. The predicted molar refractivity (Wildman–Crippen MR) is 203 cm³/mol. The summed E-state index contributed by atoms with van der Waals surface area (Å²) in [5, 5.41) is 16.5. The zero-order valence-electron chi connectivity index (χ0n) is 29.0. The number of aromatic nitrogens is 4. The van der Waals surface area contributed by atoms with Crippen LogP contribution in [0.25, 0.3) is 27.5 Å². The van der Waals surface area contributed by atoms with Crippen LogP contribution < -0.4 is 19.9 Å². The molecule has 0 spiro atoms. The number of fused-ring (bicyclic) bond motifs is 2. The minimum absolute atomic E-state index is 0.00262. The molecule has 19 heteroatoms. The number of rotatable bonds is 13. The van der Waals surface area contributed by atoms with Gasteiger partial charge in [-0.25, -0.2) is 27.3 Å². The molecule has 1 fully saturated rings. The monoisotopic (exact) mass is 875 g/mol. The molecular formula is C37H29BrClF4N6O6S-. The molecule has 1 aliphatic rings. The van der Waals surface area contributed by atoms with E-state index in [1.165, 1.54) is 31.4 Å². The Morgan fingerprint density at radius 2 is 1.79 bits per heavy atom. The summed E-state index contributed by atoms with van der Waals surface area (Å²) >= 11 is 7.12. The van der Waals surface area contributed by atoms with E-state index in [4.69, 9.17) is 16.3 Å². The fourth-order valence-electron chi connectivity index (χ4n) is 6.97. The van der Waals surface area contributed by atoms with Gasteiger partial charge in [0.1, 0.15) is 29.8 Å². The molecule has 0 bridgehead atoms. The maximum atomic E-state index is 14.6. The van der Waals surface area contributed by atoms with Crippen molar-refractivity contribution in [1.29, 1.82) is 0 Å². The van der Waals surface area contributed by atoms with Crippen LogP contribution in [0.4, 0.5) is 28.2 Å². The highest BCUT2D eigenvalue weighted by atomic mass is 79.9. The molecule has 1 amide bonds. The van der Waals surface area contributed by atoms with E-state index in [1.807, 2.05) is 0 Å². The summed E-state index contributed by atoms with van der Waals surface area (Å²) < 4.78 is 92.4. The number of halogens is 6. The van der Waals surface area contributed by atoms with Crippen molar-refractivity contribution in [3.63, 3.8) is 0 Å². The molecule has 12 nitrogen and oxygen atoms in total. The van der Waals surface area contributed by atoms with Crippen LogP contribution in [0.2, 0.25) is 5.02 Å². The summed E-state index contributed by atoms with van der Waals surface area (Å²) in [6, 6.07) is 15.3. The maximum Gasteiger partial charge on any atom is 0.405 e. The van der Waals surface area contributed by atoms with E-state index in [1.54, 1.807) is 30.3 Å². The van der Waals surface area contributed by atoms with Gasteiger partial charge in [-0.1, -0.05) is 39.7 Å². The third kappa shape index (κ3) is 7.70. The van der Waals surface area contributed by atoms with Crippen LogP contribution in [-0.4, -0.2) is 58.4 Å². The van der Waals surface area contributed by atoms with Crippen molar-refractivity contribution in [2.45, 2.75) is 50.2 Å². The van der Waals surface area contributed by atoms with Gasteiger partial charge in [-0.2, -0.15) is 5.10 Å². The van der Waals surface area contributed by atoms with Crippen molar-refractivity contribution in [2.75, 3.05) is 11.4 Å². The van der Waals surface area contributed by atoms with Gasteiger partial charge in [0, 0.05) is 28.2 Å². The van der Waals surface area contributed by atoms with Crippen molar-refractivity contribution in [1.82, 2.24) is 24.6 Å². The van der Waals surface area contributed by atoms with Crippen LogP contribution in [0.3, 0.4) is 0 Å². The van der Waals surface area contributed by atoms with Crippen molar-refractivity contribution in [2.24, 2.45) is 0 Å². The lowest BCUT2D eigenvalue weighted by atomic mass is 10.0. The number of hydrogen-bond donors (Lipinski definition) is 2. The van der Waals surface area contributed by atoms with Crippen LogP contribution in [0.5, 0.6) is 5.75 Å². The molecule has 1 unspecified atom stereocenters. The number of alkyl halides is 2. The second-order valence-corrected chi connectivity index (χ2v) is 15.3. The molecule has 1 saturated carbocycles. The molecule has 56 heavy (non-hydrogen) atoms. The second kappa shape index (κ2) is 15.5. The van der Waals surface area contributed by atoms with E-state index in [2.05, 4.69) is 31.3 Å². The van der Waals surface area contributed by atoms with Crippen molar-refractivity contribution in [3.05, 3.63) is 121 Å². The van der Waals surface area contributed by atoms with E-state index >= 15 is 0 Å². The van der Waals surface area contributed by atoms with E-state index in [-0.39, 0.29) is 56.1 Å². The molecule has 2 heterocycles. The zero-order valence-corrected chi connectivity index (χ0v) is 32.2. The molecule has 2 aromatic heterocycles. The van der Waals surface area contributed by atoms with Crippen molar-refractivity contribution >= 4 is 72.5 Å². The van der Waals surface area contributed by atoms with Gasteiger partial charge < -0.3 is 19.7 Å². The Morgan fingerprint density at radius 1 is 1.09 bits per heavy atom. The largest absolute Gasteiger partial charge is 0.755 e. The lowest BCUT2D eigenvalue weighted by Gasteiger charge is -2.34. The van der Waals surface area contributed by atoms with Crippen molar-refractivity contribution < 1.29 is 41.0 Å². The quantitative estimate of drug-likeness (QED) is 0.0887. The molecule has 292 valence electrons. The lowest BCUT2D eigenvalue weighted by molar-refractivity contribution is 0.123. The highest BCUT2D eigenvalue weighted by molar-refractivity contribution is 9.10. The Balaban J connectivity index is 1.49. The van der Waals surface area contributed by atoms with Gasteiger partial charge in [0.15, 0.2) is 5.82 Å². The molecule has 7 rings (SSSR count). The predicted octanol–water partition coefficient (Wildman–Crippen LogP) is 7.63. The summed E-state index contributed by atoms with van der Waals surface area (Å²) in [5.41, 5.74) is -1.29. The first kappa shape index (κ1) is 39.2. The topological polar surface area (TPSA) is 155 Å². The summed E-state index contributed by atoms with van der Waals surface area (Å²) in [4.78, 5) is 31.5. The van der Waals surface area contributed by atoms with E-state index < -0.39 is 65.5 Å². The third-order valence-electron chi connectivity index (χ3n) is 9.48. The number of benzene rings is 4. The molecule has 6 aromatic rings. The van der Waals surface area contributed by atoms with Crippen LogP contribution in [0.15, 0.2) is 82.1 Å². The highest BCUT2D eigenvalue weighted by Gasteiger charge is 2.51. The van der Waals surface area contributed by atoms with Gasteiger partial charge >= 0.3 is 6.09 Å². The Morgan fingerprint density at radius 3 is 2.39 bits per heavy atom. The zero-order chi connectivity index (χ0) is 40.1. The van der Waals surface area contributed by atoms with Crippen LogP contribution >= 0.6 is 27.5 Å². The third-order valence-corrected chi connectivity index (χ3v) is 11.1. The molecule has 2 atom stereocenters. The summed E-state index contributed by atoms with van der Waals surface area (Å²) in [6.07, 6.45) is -4.00. The number of nitrogens with one attached hydrogen (secondary N) is 1. The highest BCUT2D eigenvalue weighted by Crippen LogP contribution is 2.50. The van der Waals surface area contributed by atoms with E-state index in [9.17, 15) is 41.0 Å². The summed E-state index contributed by atoms with van der Waals surface area (Å²) in [6.45, 7) is -1.06. The smallest absolute Gasteiger partial charge is 0.405 e. The van der Waals surface area contributed by atoms with Gasteiger partial charge in [0.05, 0.1) is 51.2 Å². The second-order valence-electron chi connectivity index (χ2n) is 13.2. The average molecular weight is 877 g/mol. The number of carbonyl (C=O) groups is 1. The standard InChI is InChI=1S/C37H30BrClF4N6O6S/c1-55-24-5-2-19(3-6-24)17-37(10-11-37)49(56(53)54)34-31-26(39)8-9-29(32(31)47(46-34)18-30(42)43)48-33(44-27-15-21(38)4-7-25(27)35(48)50)28(45-36(51)52)14-20-12-22(40)16-23(41)13-20/h2-9,12-13,15-16,28,30,45H,10-11,14,17-18H2,1H3,(H,51,52)(H,53,54)/p-1/t28-/m0/s1. The van der Waals surface area contributed by atoms with Gasteiger partial charge in [0.25, 0.3) is 12.0 Å². The Bertz CT molecular complexity index is 2570. The first-order chi connectivity index (χ1) is 26.7. The summed E-state index contributed by atoms with van der Waals surface area (Å²) in [7, 11) is 1.51. The Hall–Kier alpha value is -5.04. The van der Waals surface area contributed by atoms with Gasteiger partial charge in [0.2, 0.25) is 0 Å². The van der Waals surface area contributed by atoms with Gasteiger partial charge in [-0.3, -0.25) is 22.6 Å². The van der Waals surface area contributed by atoms with Crippen LogP contribution in [0, 0.1) is 11.6 Å². The van der Waals surface area contributed by atoms with Gasteiger partial charge in [-0.15, -0.1) is 0 Å². The fourth-order valence-corrected chi connectivity index (χ4v) is 8.38. The number of anilines is 1. The van der Waals surface area contributed by atoms with Crippen LogP contribution in [-0.2, 0) is 30.7 Å². The lowest BCUT2D eigenvalue weighted by Crippen LogP contribution is -2.41. The molecule has 4 aromatic carbocycles. The SMILES string of the molecule is COc1ccc(CC2(N(c3nn(CC(F)F)c4c(-n5c([C@H](Cc6cc(F)cc(F)c6)NC(=O)O)nc6cc(Br)ccc6c5=O)ccc(Cl)c34)S(=O)[O-])CC2)cc1. The number of methoxy groups -OCH3 is 1. The average Bonchev–Trinajstić information content (AvgIpc) is 3.79. The fraction of sp³-hybridized carbons (Fsp3) is 0.243. The van der Waals surface area contributed by atoms with Crippen molar-refractivity contribution in [3.8, 4) is 11.4 Å². The maximum absolute atomic E-state index is 14.6. The molecule has 0 saturated heterocycles. The summed E-state index contributed by atoms with van der Waals surface area (Å²) in [5.74, 6) is -1.84. The molecular weight excluding hydrogens is 848 g/mol. The van der Waals surface area contributed by atoms with Crippen LogP contribution in [0.1, 0.15) is 35.8 Å². The van der Waals surface area contributed by atoms with E-state index in [0.717, 1.165) is 31.3 Å². The Kier molecular flexibility index (Phi) is 10.8. The first-order valence-corrected chi connectivity index (χ1v) is 19.0. The molecule has 1 aliphatic carbocycles. The minimum Gasteiger partial charge on any atom is -0.755 e. The number of carboxylic acid groups (broad SMARTS) is 1. The first-order valence-electron chi connectivity index (χ1n) is 16.8.